The number of amides is 1. The molecule has 1 aromatic heterocycles. The minimum Gasteiger partial charge on any atom is -0.394 e. The van der Waals surface area contributed by atoms with Crippen molar-refractivity contribution in [3.8, 4) is 0 Å². The molecule has 0 aromatic carbocycles. The average Bonchev–Trinajstić information content (AvgIpc) is 2.52. The monoisotopic (exact) mass is 357 g/mol. The number of hydrogen-bond donors (Lipinski definition) is 2. The molecule has 2 rings (SSSR count). The van der Waals surface area contributed by atoms with E-state index < -0.39 is 0 Å². The van der Waals surface area contributed by atoms with E-state index in [0.29, 0.717) is 31.1 Å². The van der Waals surface area contributed by atoms with Gasteiger partial charge in [-0.15, -0.1) is 0 Å². The van der Waals surface area contributed by atoms with Crippen LogP contribution < -0.4 is 5.32 Å². The summed E-state index contributed by atoms with van der Waals surface area (Å²) in [5.74, 6) is 0.565. The van der Waals surface area contributed by atoms with Crippen molar-refractivity contribution in [2.75, 3.05) is 38.7 Å². The normalized spacial score (nSPS) is 16.0. The van der Waals surface area contributed by atoms with E-state index >= 15 is 0 Å². The molecule has 1 amide bonds. The maximum atomic E-state index is 12.6. The Morgan fingerprint density at radius 2 is 2.29 bits per heavy atom. The number of nitrogens with zero attached hydrogens (tertiary/aromatic N) is 2. The first-order valence-corrected chi connectivity index (χ1v) is 7.80. The van der Waals surface area contributed by atoms with Crippen molar-refractivity contribution in [1.82, 2.24) is 9.88 Å². The van der Waals surface area contributed by atoms with Gasteiger partial charge >= 0.3 is 0 Å². The molecule has 0 unspecified atom stereocenters. The number of carbonyl (C=O) groups excluding carboxylic acids is 1. The topological polar surface area (TPSA) is 74.7 Å². The van der Waals surface area contributed by atoms with Gasteiger partial charge in [-0.3, -0.25) is 4.79 Å². The SMILES string of the molecule is CNc1ncc(Br)cc1C(=O)N1CCC(OCCO)CC1. The van der Waals surface area contributed by atoms with Crippen molar-refractivity contribution >= 4 is 27.7 Å². The number of piperidine rings is 1. The molecule has 0 atom stereocenters. The van der Waals surface area contributed by atoms with Crippen LogP contribution in [0.5, 0.6) is 0 Å². The maximum Gasteiger partial charge on any atom is 0.257 e. The summed E-state index contributed by atoms with van der Waals surface area (Å²) >= 11 is 3.35. The number of hydrogen-bond acceptors (Lipinski definition) is 5. The minimum atomic E-state index is -0.0197. The van der Waals surface area contributed by atoms with Crippen molar-refractivity contribution in [2.45, 2.75) is 18.9 Å². The Bertz CT molecular complexity index is 490. The molecule has 1 aromatic rings. The zero-order valence-corrected chi connectivity index (χ0v) is 13.6. The van der Waals surface area contributed by atoms with Crippen LogP contribution in [0.2, 0.25) is 0 Å². The van der Waals surface area contributed by atoms with Gasteiger partial charge in [0, 0.05) is 30.8 Å². The first kappa shape index (κ1) is 16.2. The Morgan fingerprint density at radius 3 is 2.90 bits per heavy atom. The van der Waals surface area contributed by atoms with E-state index in [2.05, 4.69) is 26.2 Å². The zero-order valence-electron chi connectivity index (χ0n) is 12.0. The van der Waals surface area contributed by atoms with E-state index in [-0.39, 0.29) is 18.6 Å². The fourth-order valence-electron chi connectivity index (χ4n) is 2.42. The van der Waals surface area contributed by atoms with Crippen molar-refractivity contribution in [1.29, 1.82) is 0 Å². The Balaban J connectivity index is 2.00. The van der Waals surface area contributed by atoms with Gasteiger partial charge in [0.05, 0.1) is 24.9 Å². The third-order valence-electron chi connectivity index (χ3n) is 3.50. The summed E-state index contributed by atoms with van der Waals surface area (Å²) in [5.41, 5.74) is 0.571. The Kier molecular flexibility index (Phi) is 5.96. The van der Waals surface area contributed by atoms with Gasteiger partial charge in [-0.1, -0.05) is 0 Å². The number of carbonyl (C=O) groups is 1. The number of aliphatic hydroxyl groups is 1. The molecular weight excluding hydrogens is 338 g/mol. The van der Waals surface area contributed by atoms with Gasteiger partial charge in [0.25, 0.3) is 5.91 Å². The predicted octanol–water partition coefficient (Wildman–Crippen LogP) is 1.50. The average molecular weight is 358 g/mol. The van der Waals surface area contributed by atoms with Crippen LogP contribution in [0.4, 0.5) is 5.82 Å². The molecule has 2 heterocycles. The van der Waals surface area contributed by atoms with Crippen LogP contribution in [0.1, 0.15) is 23.2 Å². The number of pyridine rings is 1. The van der Waals surface area contributed by atoms with E-state index in [1.165, 1.54) is 0 Å². The third kappa shape index (κ3) is 4.15. The summed E-state index contributed by atoms with van der Waals surface area (Å²) in [6.07, 6.45) is 3.38. The molecular formula is C14H20BrN3O3. The van der Waals surface area contributed by atoms with Gasteiger partial charge in [0.2, 0.25) is 0 Å². The zero-order chi connectivity index (χ0) is 15.2. The fourth-order valence-corrected chi connectivity index (χ4v) is 2.75. The molecule has 0 saturated carbocycles. The van der Waals surface area contributed by atoms with Gasteiger partial charge in [-0.05, 0) is 34.8 Å². The molecule has 6 nitrogen and oxygen atoms in total. The lowest BCUT2D eigenvalue weighted by Gasteiger charge is -2.32. The molecule has 1 fully saturated rings. The second-order valence-corrected chi connectivity index (χ2v) is 5.80. The predicted molar refractivity (Wildman–Crippen MR) is 83.4 cm³/mol. The molecule has 116 valence electrons. The summed E-state index contributed by atoms with van der Waals surface area (Å²) in [4.78, 5) is 18.6. The van der Waals surface area contributed by atoms with Crippen LogP contribution in [0, 0.1) is 0 Å². The standard InChI is InChI=1S/C14H20BrN3O3/c1-16-13-12(8-10(15)9-17-13)14(20)18-4-2-11(3-5-18)21-7-6-19/h8-9,11,19H,2-7H2,1H3,(H,16,17). The molecule has 1 aliphatic rings. The van der Waals surface area contributed by atoms with Gasteiger partial charge in [-0.2, -0.15) is 0 Å². The quantitative estimate of drug-likeness (QED) is 0.835. The molecule has 21 heavy (non-hydrogen) atoms. The van der Waals surface area contributed by atoms with E-state index in [9.17, 15) is 4.79 Å². The molecule has 0 bridgehead atoms. The number of ether oxygens (including phenoxy) is 1. The highest BCUT2D eigenvalue weighted by Crippen LogP contribution is 2.22. The number of likely N-dealkylation sites (tertiary alicyclic amines) is 1. The highest BCUT2D eigenvalue weighted by molar-refractivity contribution is 9.10. The summed E-state index contributed by atoms with van der Waals surface area (Å²) in [5, 5.41) is 11.7. The lowest BCUT2D eigenvalue weighted by Crippen LogP contribution is -2.41. The largest absolute Gasteiger partial charge is 0.394 e. The molecule has 0 spiro atoms. The van der Waals surface area contributed by atoms with Crippen LogP contribution in [0.3, 0.4) is 0 Å². The van der Waals surface area contributed by atoms with Crippen LogP contribution >= 0.6 is 15.9 Å². The second-order valence-electron chi connectivity index (χ2n) is 4.89. The third-order valence-corrected chi connectivity index (χ3v) is 3.93. The minimum absolute atomic E-state index is 0.0197. The van der Waals surface area contributed by atoms with Gasteiger partial charge in [-0.25, -0.2) is 4.98 Å². The second kappa shape index (κ2) is 7.72. The van der Waals surface area contributed by atoms with Gasteiger partial charge in [0.1, 0.15) is 5.82 Å². The first-order valence-electron chi connectivity index (χ1n) is 7.00. The Morgan fingerprint density at radius 1 is 1.57 bits per heavy atom. The first-order chi connectivity index (χ1) is 10.2. The number of aromatic nitrogens is 1. The Hall–Kier alpha value is -1.18. The van der Waals surface area contributed by atoms with Crippen molar-refractivity contribution in [3.63, 3.8) is 0 Å². The maximum absolute atomic E-state index is 12.6. The Labute approximate surface area is 132 Å². The van der Waals surface area contributed by atoms with E-state index in [1.54, 1.807) is 19.3 Å². The molecule has 2 N–H and O–H groups in total. The molecule has 0 radical (unpaired) electrons. The summed E-state index contributed by atoms with van der Waals surface area (Å²) in [6, 6.07) is 1.79. The summed E-state index contributed by atoms with van der Waals surface area (Å²) in [6.45, 7) is 1.71. The van der Waals surface area contributed by atoms with Crippen molar-refractivity contribution in [3.05, 3.63) is 22.3 Å². The summed E-state index contributed by atoms with van der Waals surface area (Å²) in [7, 11) is 1.75. The van der Waals surface area contributed by atoms with E-state index in [1.807, 2.05) is 4.90 Å². The van der Waals surface area contributed by atoms with Crippen molar-refractivity contribution in [2.24, 2.45) is 0 Å². The van der Waals surface area contributed by atoms with Crippen LogP contribution in [-0.2, 0) is 4.74 Å². The highest BCUT2D eigenvalue weighted by Gasteiger charge is 2.25. The molecule has 1 saturated heterocycles. The van der Waals surface area contributed by atoms with Crippen LogP contribution in [0.25, 0.3) is 0 Å². The number of aliphatic hydroxyl groups excluding tert-OH is 1. The lowest BCUT2D eigenvalue weighted by molar-refractivity contribution is -0.00553. The van der Waals surface area contributed by atoms with Crippen LogP contribution in [0.15, 0.2) is 16.7 Å². The number of rotatable bonds is 5. The van der Waals surface area contributed by atoms with Crippen molar-refractivity contribution < 1.29 is 14.6 Å². The molecule has 0 aliphatic carbocycles. The number of anilines is 1. The molecule has 7 heteroatoms. The van der Waals surface area contributed by atoms with Crippen LogP contribution in [-0.4, -0.2) is 60.4 Å². The summed E-state index contributed by atoms with van der Waals surface area (Å²) < 4.78 is 6.29. The lowest BCUT2D eigenvalue weighted by atomic mass is 10.1. The number of nitrogens with one attached hydrogen (secondary N) is 1. The van der Waals surface area contributed by atoms with Gasteiger partial charge in [0.15, 0.2) is 0 Å². The molecule has 1 aliphatic heterocycles. The smallest absolute Gasteiger partial charge is 0.257 e. The highest BCUT2D eigenvalue weighted by atomic mass is 79.9. The number of halogens is 1. The van der Waals surface area contributed by atoms with E-state index in [4.69, 9.17) is 9.84 Å². The van der Waals surface area contributed by atoms with Gasteiger partial charge < -0.3 is 20.1 Å². The fraction of sp³-hybridized carbons (Fsp3) is 0.571. The van der Waals surface area contributed by atoms with E-state index in [0.717, 1.165) is 17.3 Å².